The molecule has 0 unspecified atom stereocenters. The molecule has 0 saturated heterocycles. The third-order valence-corrected chi connectivity index (χ3v) is 4.34. The molecular formula is C18H16BrN3O2. The topological polar surface area (TPSA) is 59.5 Å². The molecule has 24 heavy (non-hydrogen) atoms. The van der Waals surface area contributed by atoms with Gasteiger partial charge in [-0.15, -0.1) is 0 Å². The van der Waals surface area contributed by atoms with Crippen LogP contribution in [-0.4, -0.2) is 20.7 Å². The van der Waals surface area contributed by atoms with Crippen LogP contribution in [0, 0.1) is 6.92 Å². The maximum Gasteiger partial charge on any atom is 0.297 e. The van der Waals surface area contributed by atoms with Crippen LogP contribution in [0.5, 0.6) is 5.75 Å². The largest absolute Gasteiger partial charge is 0.507 e. The molecule has 0 saturated carbocycles. The number of rotatable bonds is 3. The van der Waals surface area contributed by atoms with Crippen LogP contribution in [0.4, 0.5) is 5.69 Å². The Morgan fingerprint density at radius 3 is 2.58 bits per heavy atom. The highest BCUT2D eigenvalue weighted by molar-refractivity contribution is 9.10. The summed E-state index contributed by atoms with van der Waals surface area (Å²) < 4.78 is 4.17. The minimum absolute atomic E-state index is 0.110. The predicted octanol–water partition coefficient (Wildman–Crippen LogP) is 3.70. The van der Waals surface area contributed by atoms with Crippen molar-refractivity contribution in [2.45, 2.75) is 6.92 Å². The molecule has 3 aromatic rings. The van der Waals surface area contributed by atoms with Gasteiger partial charge in [0.25, 0.3) is 5.56 Å². The SMILES string of the molecule is Cc1c(N=Cc2cc(Br)ccc2O)c(=O)n(-c2ccccc2)n1C. The zero-order valence-electron chi connectivity index (χ0n) is 13.3. The van der Waals surface area contributed by atoms with E-state index in [1.807, 2.05) is 44.3 Å². The van der Waals surface area contributed by atoms with Crippen molar-refractivity contribution in [1.82, 2.24) is 9.36 Å². The van der Waals surface area contributed by atoms with E-state index in [9.17, 15) is 9.90 Å². The van der Waals surface area contributed by atoms with Gasteiger partial charge in [-0.3, -0.25) is 9.48 Å². The van der Waals surface area contributed by atoms with Crippen LogP contribution in [0.15, 0.2) is 62.8 Å². The number of para-hydroxylation sites is 1. The summed E-state index contributed by atoms with van der Waals surface area (Å²) in [5.41, 5.74) is 2.21. The molecule has 0 aliphatic heterocycles. The molecule has 0 bridgehead atoms. The molecule has 3 rings (SSSR count). The number of aromatic hydroxyl groups is 1. The molecule has 0 aliphatic rings. The third kappa shape index (κ3) is 2.92. The first-order valence-electron chi connectivity index (χ1n) is 7.35. The van der Waals surface area contributed by atoms with Crippen LogP contribution in [0.2, 0.25) is 0 Å². The predicted molar refractivity (Wildman–Crippen MR) is 98.8 cm³/mol. The summed E-state index contributed by atoms with van der Waals surface area (Å²) in [7, 11) is 1.82. The number of phenolic OH excluding ortho intramolecular Hbond substituents is 1. The van der Waals surface area contributed by atoms with E-state index < -0.39 is 0 Å². The van der Waals surface area contributed by atoms with Gasteiger partial charge in [0.15, 0.2) is 5.69 Å². The minimum atomic E-state index is -0.202. The number of aromatic nitrogens is 2. The molecule has 0 aliphatic carbocycles. The number of hydrogen-bond acceptors (Lipinski definition) is 3. The molecule has 0 atom stereocenters. The molecule has 1 heterocycles. The fourth-order valence-corrected chi connectivity index (χ4v) is 2.84. The van der Waals surface area contributed by atoms with Gasteiger partial charge in [-0.25, -0.2) is 9.67 Å². The van der Waals surface area contributed by atoms with E-state index in [1.54, 1.807) is 27.6 Å². The average molecular weight is 386 g/mol. The molecule has 1 aromatic heterocycles. The van der Waals surface area contributed by atoms with Crippen LogP contribution >= 0.6 is 15.9 Å². The summed E-state index contributed by atoms with van der Waals surface area (Å²) in [4.78, 5) is 17.1. The molecule has 6 heteroatoms. The lowest BCUT2D eigenvalue weighted by atomic mass is 10.2. The molecule has 1 N–H and O–H groups in total. The summed E-state index contributed by atoms with van der Waals surface area (Å²) in [5.74, 6) is 0.110. The zero-order valence-corrected chi connectivity index (χ0v) is 14.9. The second kappa shape index (κ2) is 6.49. The molecule has 2 aromatic carbocycles. The lowest BCUT2D eigenvalue weighted by Crippen LogP contribution is -2.19. The Balaban J connectivity index is 2.09. The van der Waals surface area contributed by atoms with Gasteiger partial charge in [0.05, 0.1) is 11.4 Å². The smallest absolute Gasteiger partial charge is 0.297 e. The van der Waals surface area contributed by atoms with Crippen LogP contribution in [0.1, 0.15) is 11.3 Å². The van der Waals surface area contributed by atoms with E-state index in [1.165, 1.54) is 6.21 Å². The van der Waals surface area contributed by atoms with Crippen molar-refractivity contribution in [3.63, 3.8) is 0 Å². The van der Waals surface area contributed by atoms with E-state index in [4.69, 9.17) is 0 Å². The Kier molecular flexibility index (Phi) is 4.40. The Bertz CT molecular complexity index is 972. The summed E-state index contributed by atoms with van der Waals surface area (Å²) in [6.45, 7) is 1.84. The second-order valence-electron chi connectivity index (χ2n) is 5.37. The van der Waals surface area contributed by atoms with Gasteiger partial charge in [0.2, 0.25) is 0 Å². The monoisotopic (exact) mass is 385 g/mol. The number of benzene rings is 2. The highest BCUT2D eigenvalue weighted by Crippen LogP contribution is 2.22. The van der Waals surface area contributed by atoms with Crippen molar-refractivity contribution >= 4 is 27.8 Å². The van der Waals surface area contributed by atoms with Crippen LogP contribution < -0.4 is 5.56 Å². The highest BCUT2D eigenvalue weighted by atomic mass is 79.9. The molecule has 0 spiro atoms. The minimum Gasteiger partial charge on any atom is -0.507 e. The van der Waals surface area contributed by atoms with Crippen molar-refractivity contribution in [1.29, 1.82) is 0 Å². The first-order chi connectivity index (χ1) is 11.5. The van der Waals surface area contributed by atoms with E-state index in [-0.39, 0.29) is 11.3 Å². The van der Waals surface area contributed by atoms with Gasteiger partial charge in [-0.05, 0) is 37.3 Å². The lowest BCUT2D eigenvalue weighted by Gasteiger charge is -2.07. The number of nitrogens with zero attached hydrogens (tertiary/aromatic N) is 3. The maximum atomic E-state index is 12.7. The van der Waals surface area contributed by atoms with Crippen molar-refractivity contribution < 1.29 is 5.11 Å². The van der Waals surface area contributed by atoms with Crippen molar-refractivity contribution in [3.8, 4) is 11.4 Å². The van der Waals surface area contributed by atoms with Gasteiger partial charge in [0, 0.05) is 23.3 Å². The Labute approximate surface area is 147 Å². The summed E-state index contributed by atoms with van der Waals surface area (Å²) in [6, 6.07) is 14.5. The number of hydrogen-bond donors (Lipinski definition) is 1. The quantitative estimate of drug-likeness (QED) is 0.698. The molecule has 122 valence electrons. The first-order valence-corrected chi connectivity index (χ1v) is 8.15. The van der Waals surface area contributed by atoms with E-state index in [0.717, 1.165) is 15.9 Å². The van der Waals surface area contributed by atoms with Crippen molar-refractivity contribution in [2.75, 3.05) is 0 Å². The fraction of sp³-hybridized carbons (Fsp3) is 0.111. The van der Waals surface area contributed by atoms with Gasteiger partial charge in [0.1, 0.15) is 5.75 Å². The van der Waals surface area contributed by atoms with Crippen LogP contribution in [-0.2, 0) is 7.05 Å². The molecule has 5 nitrogen and oxygen atoms in total. The maximum absolute atomic E-state index is 12.7. The Hall–Kier alpha value is -2.60. The number of phenols is 1. The summed E-state index contributed by atoms with van der Waals surface area (Å²) in [6.07, 6.45) is 1.50. The highest BCUT2D eigenvalue weighted by Gasteiger charge is 2.15. The van der Waals surface area contributed by atoms with Gasteiger partial charge in [-0.1, -0.05) is 34.1 Å². The first kappa shape index (κ1) is 16.3. The second-order valence-corrected chi connectivity index (χ2v) is 6.29. The van der Waals surface area contributed by atoms with Crippen LogP contribution in [0.25, 0.3) is 5.69 Å². The fourth-order valence-electron chi connectivity index (χ4n) is 2.47. The molecular weight excluding hydrogens is 370 g/mol. The Morgan fingerprint density at radius 2 is 1.88 bits per heavy atom. The molecule has 0 fully saturated rings. The normalized spacial score (nSPS) is 11.3. The zero-order chi connectivity index (χ0) is 17.3. The van der Waals surface area contributed by atoms with E-state index >= 15 is 0 Å². The van der Waals surface area contributed by atoms with Crippen LogP contribution in [0.3, 0.4) is 0 Å². The molecule has 0 radical (unpaired) electrons. The van der Waals surface area contributed by atoms with E-state index in [0.29, 0.717) is 11.3 Å². The average Bonchev–Trinajstić information content (AvgIpc) is 2.79. The van der Waals surface area contributed by atoms with Gasteiger partial charge >= 0.3 is 0 Å². The standard InChI is InChI=1S/C18H16BrN3O2/c1-12-17(20-11-13-10-14(19)8-9-16(13)23)18(24)22(21(12)2)15-6-4-3-5-7-15/h3-11,23H,1-2H3. The van der Waals surface area contributed by atoms with Crippen molar-refractivity contribution in [2.24, 2.45) is 12.0 Å². The summed E-state index contributed by atoms with van der Waals surface area (Å²) in [5, 5.41) is 9.89. The third-order valence-electron chi connectivity index (χ3n) is 3.85. The van der Waals surface area contributed by atoms with Gasteiger partial charge in [-0.2, -0.15) is 0 Å². The van der Waals surface area contributed by atoms with Crippen molar-refractivity contribution in [3.05, 3.63) is 74.6 Å². The summed E-state index contributed by atoms with van der Waals surface area (Å²) >= 11 is 3.36. The van der Waals surface area contributed by atoms with E-state index in [2.05, 4.69) is 20.9 Å². The molecule has 0 amide bonds. The Morgan fingerprint density at radius 1 is 1.17 bits per heavy atom. The number of halogens is 1. The lowest BCUT2D eigenvalue weighted by molar-refractivity contribution is 0.474. The number of aliphatic imine (C=N–C) groups is 1. The van der Waals surface area contributed by atoms with Gasteiger partial charge < -0.3 is 5.11 Å².